The van der Waals surface area contributed by atoms with Crippen LogP contribution in [-0.2, 0) is 9.53 Å². The van der Waals surface area contributed by atoms with Crippen LogP contribution in [0.5, 0.6) is 0 Å². The first-order valence-corrected chi connectivity index (χ1v) is 8.53. The van der Waals surface area contributed by atoms with Crippen LogP contribution in [0.2, 0.25) is 0 Å². The summed E-state index contributed by atoms with van der Waals surface area (Å²) in [5.74, 6) is 1.25. The molecule has 0 bridgehead atoms. The number of hydrogen-bond acceptors (Lipinski definition) is 5. The highest BCUT2D eigenvalue weighted by Crippen LogP contribution is 2.15. The maximum absolute atomic E-state index is 11.4. The van der Waals surface area contributed by atoms with E-state index < -0.39 is 0 Å². The molecule has 1 heterocycles. The SMILES string of the molecule is CCOC(=O)CC(C)CCNC(C)CSc1ccccn1. The average Bonchev–Trinajstić information content (AvgIpc) is 2.46. The molecular formula is C16H26N2O2S. The molecule has 21 heavy (non-hydrogen) atoms. The zero-order valence-electron chi connectivity index (χ0n) is 13.2. The number of nitrogens with one attached hydrogen (secondary N) is 1. The molecule has 4 nitrogen and oxygen atoms in total. The van der Waals surface area contributed by atoms with Crippen LogP contribution in [0.25, 0.3) is 0 Å². The summed E-state index contributed by atoms with van der Waals surface area (Å²) in [7, 11) is 0. The summed E-state index contributed by atoms with van der Waals surface area (Å²) >= 11 is 1.76. The zero-order chi connectivity index (χ0) is 15.5. The van der Waals surface area contributed by atoms with Gasteiger partial charge in [-0.3, -0.25) is 4.79 Å². The Morgan fingerprint density at radius 2 is 2.24 bits per heavy atom. The molecule has 0 aliphatic carbocycles. The Hall–Kier alpha value is -1.07. The second kappa shape index (κ2) is 10.6. The standard InChI is InChI=1S/C16H26N2O2S/c1-4-20-16(19)11-13(2)8-10-17-14(3)12-21-15-7-5-6-9-18-15/h5-7,9,13-14,17H,4,8,10-12H2,1-3H3. The normalized spacial score (nSPS) is 13.7. The number of ether oxygens (including phenoxy) is 1. The van der Waals surface area contributed by atoms with Gasteiger partial charge in [-0.2, -0.15) is 0 Å². The highest BCUT2D eigenvalue weighted by atomic mass is 32.2. The van der Waals surface area contributed by atoms with E-state index in [1.165, 1.54) is 0 Å². The van der Waals surface area contributed by atoms with Crippen LogP contribution in [0.1, 0.15) is 33.6 Å². The summed E-state index contributed by atoms with van der Waals surface area (Å²) in [5, 5.41) is 4.55. The summed E-state index contributed by atoms with van der Waals surface area (Å²) in [6.45, 7) is 7.49. The van der Waals surface area contributed by atoms with Crippen LogP contribution in [0.4, 0.5) is 0 Å². The predicted octanol–water partition coefficient (Wildman–Crippen LogP) is 3.13. The van der Waals surface area contributed by atoms with Gasteiger partial charge in [0.1, 0.15) is 0 Å². The highest BCUT2D eigenvalue weighted by molar-refractivity contribution is 7.99. The van der Waals surface area contributed by atoms with Gasteiger partial charge in [0.2, 0.25) is 0 Å². The first-order valence-electron chi connectivity index (χ1n) is 7.54. The van der Waals surface area contributed by atoms with Crippen LogP contribution >= 0.6 is 11.8 Å². The van der Waals surface area contributed by atoms with Crippen molar-refractivity contribution in [2.45, 2.75) is 44.7 Å². The first kappa shape index (κ1) is 18.0. The molecule has 0 saturated heterocycles. The number of hydrogen-bond donors (Lipinski definition) is 1. The second-order valence-corrected chi connectivity index (χ2v) is 6.28. The topological polar surface area (TPSA) is 51.2 Å². The fraction of sp³-hybridized carbons (Fsp3) is 0.625. The number of thioether (sulfide) groups is 1. The zero-order valence-corrected chi connectivity index (χ0v) is 14.0. The van der Waals surface area contributed by atoms with Crippen molar-refractivity contribution in [1.82, 2.24) is 10.3 Å². The first-order chi connectivity index (χ1) is 10.1. The number of pyridine rings is 1. The quantitative estimate of drug-likeness (QED) is 0.531. The van der Waals surface area contributed by atoms with Gasteiger partial charge in [0.05, 0.1) is 11.6 Å². The molecular weight excluding hydrogens is 284 g/mol. The molecule has 0 aliphatic rings. The third kappa shape index (κ3) is 8.73. The smallest absolute Gasteiger partial charge is 0.306 e. The van der Waals surface area contributed by atoms with Gasteiger partial charge >= 0.3 is 5.97 Å². The fourth-order valence-corrected chi connectivity index (χ4v) is 2.73. The Bertz CT molecular complexity index is 401. The number of carbonyl (C=O) groups excluding carboxylic acids is 1. The molecule has 1 N–H and O–H groups in total. The van der Waals surface area contributed by atoms with Gasteiger partial charge in [0.25, 0.3) is 0 Å². The van der Waals surface area contributed by atoms with E-state index in [0.717, 1.165) is 23.7 Å². The molecule has 0 spiro atoms. The van der Waals surface area contributed by atoms with Crippen molar-refractivity contribution >= 4 is 17.7 Å². The summed E-state index contributed by atoms with van der Waals surface area (Å²) < 4.78 is 4.96. The predicted molar refractivity (Wildman–Crippen MR) is 87.5 cm³/mol. The van der Waals surface area contributed by atoms with Crippen LogP contribution < -0.4 is 5.32 Å². The van der Waals surface area contributed by atoms with E-state index in [9.17, 15) is 4.79 Å². The molecule has 2 atom stereocenters. The molecule has 0 saturated carbocycles. The van der Waals surface area contributed by atoms with Gasteiger partial charge < -0.3 is 10.1 Å². The minimum Gasteiger partial charge on any atom is -0.466 e. The summed E-state index contributed by atoms with van der Waals surface area (Å²) in [6, 6.07) is 6.38. The lowest BCUT2D eigenvalue weighted by Gasteiger charge is -2.15. The van der Waals surface area contributed by atoms with Gasteiger partial charge in [0, 0.05) is 24.4 Å². The van der Waals surface area contributed by atoms with Crippen molar-refractivity contribution in [3.05, 3.63) is 24.4 Å². The second-order valence-electron chi connectivity index (χ2n) is 5.24. The average molecular weight is 310 g/mol. The van der Waals surface area contributed by atoms with Crippen molar-refractivity contribution in [1.29, 1.82) is 0 Å². The lowest BCUT2D eigenvalue weighted by molar-refractivity contribution is -0.144. The molecule has 5 heteroatoms. The van der Waals surface area contributed by atoms with E-state index in [2.05, 4.69) is 24.1 Å². The summed E-state index contributed by atoms with van der Waals surface area (Å²) in [6.07, 6.45) is 3.31. The van der Waals surface area contributed by atoms with Crippen LogP contribution in [0.15, 0.2) is 29.4 Å². The van der Waals surface area contributed by atoms with E-state index in [1.807, 2.05) is 31.3 Å². The van der Waals surface area contributed by atoms with Crippen LogP contribution in [-0.4, -0.2) is 35.9 Å². The molecule has 1 aromatic heterocycles. The molecule has 118 valence electrons. The maximum Gasteiger partial charge on any atom is 0.306 e. The number of rotatable bonds is 10. The molecule has 1 rings (SSSR count). The molecule has 0 fully saturated rings. The highest BCUT2D eigenvalue weighted by Gasteiger charge is 2.10. The van der Waals surface area contributed by atoms with Gasteiger partial charge in [-0.25, -0.2) is 4.98 Å². The lowest BCUT2D eigenvalue weighted by atomic mass is 10.0. The number of nitrogens with zero attached hydrogens (tertiary/aromatic N) is 1. The van der Waals surface area contributed by atoms with Crippen molar-refractivity contribution in [3.8, 4) is 0 Å². The molecule has 0 aromatic carbocycles. The minimum atomic E-state index is -0.0937. The monoisotopic (exact) mass is 310 g/mol. The Kier molecular flexibility index (Phi) is 9.10. The van der Waals surface area contributed by atoms with Crippen molar-refractivity contribution < 1.29 is 9.53 Å². The lowest BCUT2D eigenvalue weighted by Crippen LogP contribution is -2.30. The third-order valence-electron chi connectivity index (χ3n) is 3.07. The van der Waals surface area contributed by atoms with E-state index >= 15 is 0 Å². The fourth-order valence-electron chi connectivity index (χ4n) is 1.88. The summed E-state index contributed by atoms with van der Waals surface area (Å²) in [5.41, 5.74) is 0. The molecule has 0 radical (unpaired) electrons. The van der Waals surface area contributed by atoms with Gasteiger partial charge in [0.15, 0.2) is 0 Å². The molecule has 0 aliphatic heterocycles. The van der Waals surface area contributed by atoms with Crippen molar-refractivity contribution in [2.75, 3.05) is 18.9 Å². The number of esters is 1. The number of aromatic nitrogens is 1. The van der Waals surface area contributed by atoms with E-state index in [1.54, 1.807) is 11.8 Å². The largest absolute Gasteiger partial charge is 0.466 e. The maximum atomic E-state index is 11.4. The third-order valence-corrected chi connectivity index (χ3v) is 4.27. The van der Waals surface area contributed by atoms with Crippen LogP contribution in [0, 0.1) is 5.92 Å². The van der Waals surface area contributed by atoms with Crippen molar-refractivity contribution in [3.63, 3.8) is 0 Å². The Morgan fingerprint density at radius 3 is 2.90 bits per heavy atom. The Morgan fingerprint density at radius 1 is 1.43 bits per heavy atom. The van der Waals surface area contributed by atoms with E-state index in [-0.39, 0.29) is 5.97 Å². The Balaban J connectivity index is 2.10. The Labute approximate surface area is 132 Å². The van der Waals surface area contributed by atoms with Crippen LogP contribution in [0.3, 0.4) is 0 Å². The van der Waals surface area contributed by atoms with Crippen molar-refractivity contribution in [2.24, 2.45) is 5.92 Å². The van der Waals surface area contributed by atoms with E-state index in [0.29, 0.717) is 25.0 Å². The van der Waals surface area contributed by atoms with Gasteiger partial charge in [-0.05, 0) is 44.9 Å². The number of carbonyl (C=O) groups is 1. The van der Waals surface area contributed by atoms with Gasteiger partial charge in [-0.1, -0.05) is 13.0 Å². The molecule has 1 aromatic rings. The van der Waals surface area contributed by atoms with E-state index in [4.69, 9.17) is 4.74 Å². The minimum absolute atomic E-state index is 0.0937. The molecule has 2 unspecified atom stereocenters. The van der Waals surface area contributed by atoms with Gasteiger partial charge in [-0.15, -0.1) is 11.8 Å². The summed E-state index contributed by atoms with van der Waals surface area (Å²) in [4.78, 5) is 15.7. The molecule has 0 amide bonds.